The van der Waals surface area contributed by atoms with E-state index in [2.05, 4.69) is 10.2 Å². The minimum absolute atomic E-state index is 0.0432. The highest BCUT2D eigenvalue weighted by Crippen LogP contribution is 2.26. The second-order valence-corrected chi connectivity index (χ2v) is 11.9. The van der Waals surface area contributed by atoms with Crippen molar-refractivity contribution in [3.05, 3.63) is 58.4 Å². The summed E-state index contributed by atoms with van der Waals surface area (Å²) >= 11 is 1.30. The molecule has 33 heavy (non-hydrogen) atoms. The first-order valence-corrected chi connectivity index (χ1v) is 13.6. The lowest BCUT2D eigenvalue weighted by Gasteiger charge is -2.11. The number of carbonyl (C=O) groups excluding carboxylic acids is 1. The Morgan fingerprint density at radius 1 is 1.21 bits per heavy atom. The van der Waals surface area contributed by atoms with E-state index in [1.54, 1.807) is 13.0 Å². The molecule has 1 unspecified atom stereocenters. The van der Waals surface area contributed by atoms with Crippen LogP contribution in [0.3, 0.4) is 0 Å². The number of ketones is 1. The SMILES string of the molecule is Cc1ccc(-n2c(C)cc(C(=O)CSc3nnc(CC4CCS(=O)(=O)C4)n3C)c2C)cc1F. The van der Waals surface area contributed by atoms with Gasteiger partial charge in [0, 0.05) is 36.1 Å². The number of nitrogens with zero attached hydrogens (tertiary/aromatic N) is 4. The summed E-state index contributed by atoms with van der Waals surface area (Å²) in [6.07, 6.45) is 1.21. The average molecular weight is 491 g/mol. The van der Waals surface area contributed by atoms with Gasteiger partial charge in [0.05, 0.1) is 17.3 Å². The Bertz CT molecular complexity index is 1330. The number of halogens is 1. The highest BCUT2D eigenvalue weighted by atomic mass is 32.2. The molecule has 1 atom stereocenters. The van der Waals surface area contributed by atoms with Crippen molar-refractivity contribution in [1.29, 1.82) is 0 Å². The van der Waals surface area contributed by atoms with Crippen LogP contribution in [0.5, 0.6) is 0 Å². The fourth-order valence-electron chi connectivity index (χ4n) is 4.31. The number of aromatic nitrogens is 4. The van der Waals surface area contributed by atoms with Gasteiger partial charge in [0.25, 0.3) is 0 Å². The molecule has 1 aliphatic heterocycles. The summed E-state index contributed by atoms with van der Waals surface area (Å²) in [6, 6.07) is 6.89. The summed E-state index contributed by atoms with van der Waals surface area (Å²) in [5, 5.41) is 9.03. The quantitative estimate of drug-likeness (QED) is 0.371. The van der Waals surface area contributed by atoms with E-state index in [0.717, 1.165) is 17.2 Å². The smallest absolute Gasteiger partial charge is 0.191 e. The Morgan fingerprint density at radius 3 is 2.64 bits per heavy atom. The molecule has 10 heteroatoms. The van der Waals surface area contributed by atoms with Crippen LogP contribution in [0.4, 0.5) is 4.39 Å². The molecule has 1 aliphatic rings. The summed E-state index contributed by atoms with van der Waals surface area (Å²) in [6.45, 7) is 5.47. The summed E-state index contributed by atoms with van der Waals surface area (Å²) in [5.41, 5.74) is 3.48. The van der Waals surface area contributed by atoms with Gasteiger partial charge >= 0.3 is 0 Å². The predicted molar refractivity (Wildman–Crippen MR) is 126 cm³/mol. The van der Waals surface area contributed by atoms with Crippen molar-refractivity contribution in [2.45, 2.75) is 38.8 Å². The van der Waals surface area contributed by atoms with Crippen molar-refractivity contribution in [1.82, 2.24) is 19.3 Å². The maximum absolute atomic E-state index is 14.1. The first kappa shape index (κ1) is 23.7. The van der Waals surface area contributed by atoms with E-state index in [4.69, 9.17) is 0 Å². The molecule has 176 valence electrons. The largest absolute Gasteiger partial charge is 0.318 e. The van der Waals surface area contributed by atoms with Crippen LogP contribution in [0.15, 0.2) is 29.4 Å². The molecule has 0 spiro atoms. The number of Topliss-reactive ketones (excluding diaryl/α,β-unsaturated/α-hetero) is 1. The van der Waals surface area contributed by atoms with Crippen LogP contribution in [0.1, 0.15) is 39.6 Å². The monoisotopic (exact) mass is 490 g/mol. The summed E-state index contributed by atoms with van der Waals surface area (Å²) < 4.78 is 41.2. The maximum atomic E-state index is 14.1. The van der Waals surface area contributed by atoms with Gasteiger partial charge in [0.1, 0.15) is 11.6 Å². The number of thioether (sulfide) groups is 1. The second-order valence-electron chi connectivity index (χ2n) is 8.70. The molecule has 1 aromatic carbocycles. The van der Waals surface area contributed by atoms with Gasteiger partial charge in [-0.15, -0.1) is 10.2 Å². The number of rotatable bonds is 7. The molecule has 4 rings (SSSR count). The zero-order valence-corrected chi connectivity index (χ0v) is 20.8. The highest BCUT2D eigenvalue weighted by molar-refractivity contribution is 7.99. The third-order valence-electron chi connectivity index (χ3n) is 6.20. The first-order valence-electron chi connectivity index (χ1n) is 10.8. The maximum Gasteiger partial charge on any atom is 0.191 e. The molecule has 2 aromatic heterocycles. The van der Waals surface area contributed by atoms with Crippen LogP contribution in [-0.4, -0.2) is 50.8 Å². The minimum atomic E-state index is -2.93. The third kappa shape index (κ3) is 4.91. The number of hydrogen-bond donors (Lipinski definition) is 0. The standard InChI is InChI=1S/C23H27FN4O3S2/c1-14-5-6-18(11-20(14)24)28-15(2)9-19(16(28)3)21(29)12-32-23-26-25-22(27(23)4)10-17-7-8-33(30,31)13-17/h5-6,9,11,17H,7-8,10,12-13H2,1-4H3. The van der Waals surface area contributed by atoms with Crippen molar-refractivity contribution in [3.8, 4) is 5.69 Å². The third-order valence-corrected chi connectivity index (χ3v) is 9.06. The number of benzene rings is 1. The molecule has 7 nitrogen and oxygen atoms in total. The van der Waals surface area contributed by atoms with Crippen LogP contribution < -0.4 is 0 Å². The number of sulfone groups is 1. The molecule has 1 saturated heterocycles. The second kappa shape index (κ2) is 9.06. The molecule has 0 N–H and O–H groups in total. The Labute approximate surface area is 197 Å². The van der Waals surface area contributed by atoms with Gasteiger partial charge in [-0.1, -0.05) is 17.8 Å². The van der Waals surface area contributed by atoms with E-state index in [1.807, 2.05) is 42.2 Å². The van der Waals surface area contributed by atoms with Gasteiger partial charge < -0.3 is 9.13 Å². The molecule has 3 aromatic rings. The van der Waals surface area contributed by atoms with E-state index in [-0.39, 0.29) is 34.8 Å². The van der Waals surface area contributed by atoms with Crippen molar-refractivity contribution >= 4 is 27.4 Å². The molecule has 0 radical (unpaired) electrons. The van der Waals surface area contributed by atoms with E-state index >= 15 is 0 Å². The minimum Gasteiger partial charge on any atom is -0.318 e. The zero-order valence-electron chi connectivity index (χ0n) is 19.1. The molecule has 0 bridgehead atoms. The van der Waals surface area contributed by atoms with Crippen LogP contribution in [-0.2, 0) is 23.3 Å². The summed E-state index contributed by atoms with van der Waals surface area (Å²) in [5.74, 6) is 1.09. The molecular formula is C23H27FN4O3S2. The van der Waals surface area contributed by atoms with Gasteiger partial charge in [0.2, 0.25) is 0 Å². The lowest BCUT2D eigenvalue weighted by Crippen LogP contribution is -2.11. The Balaban J connectivity index is 1.45. The van der Waals surface area contributed by atoms with E-state index in [0.29, 0.717) is 34.8 Å². The Kier molecular flexibility index (Phi) is 6.50. The van der Waals surface area contributed by atoms with Crippen LogP contribution >= 0.6 is 11.8 Å². The van der Waals surface area contributed by atoms with Crippen molar-refractivity contribution in [3.63, 3.8) is 0 Å². The lowest BCUT2D eigenvalue weighted by atomic mass is 10.1. The summed E-state index contributed by atoms with van der Waals surface area (Å²) in [4.78, 5) is 13.0. The fourth-order valence-corrected chi connectivity index (χ4v) is 6.99. The molecule has 0 saturated carbocycles. The van der Waals surface area contributed by atoms with Crippen molar-refractivity contribution in [2.75, 3.05) is 17.3 Å². The highest BCUT2D eigenvalue weighted by Gasteiger charge is 2.29. The van der Waals surface area contributed by atoms with Crippen molar-refractivity contribution in [2.24, 2.45) is 13.0 Å². The van der Waals surface area contributed by atoms with Gasteiger partial charge in [-0.05, 0) is 56.9 Å². The van der Waals surface area contributed by atoms with E-state index in [1.165, 1.54) is 17.8 Å². The Morgan fingerprint density at radius 2 is 1.97 bits per heavy atom. The number of hydrogen-bond acceptors (Lipinski definition) is 6. The van der Waals surface area contributed by atoms with Crippen molar-refractivity contribution < 1.29 is 17.6 Å². The average Bonchev–Trinajstić information content (AvgIpc) is 3.38. The van der Waals surface area contributed by atoms with Crippen LogP contribution in [0.2, 0.25) is 0 Å². The number of aryl methyl sites for hydroxylation is 2. The zero-order chi connectivity index (χ0) is 23.9. The van der Waals surface area contributed by atoms with Gasteiger partial charge in [-0.25, -0.2) is 12.8 Å². The molecule has 1 fully saturated rings. The molecular weight excluding hydrogens is 463 g/mol. The molecule has 0 amide bonds. The molecule has 0 aliphatic carbocycles. The van der Waals surface area contributed by atoms with Gasteiger partial charge in [-0.3, -0.25) is 4.79 Å². The fraction of sp³-hybridized carbons (Fsp3) is 0.435. The van der Waals surface area contributed by atoms with E-state index in [9.17, 15) is 17.6 Å². The van der Waals surface area contributed by atoms with Gasteiger partial charge in [0.15, 0.2) is 20.8 Å². The van der Waals surface area contributed by atoms with Crippen LogP contribution in [0.25, 0.3) is 5.69 Å². The molecule has 3 heterocycles. The first-order chi connectivity index (χ1) is 15.6. The van der Waals surface area contributed by atoms with E-state index < -0.39 is 9.84 Å². The normalized spacial score (nSPS) is 17.5. The summed E-state index contributed by atoms with van der Waals surface area (Å²) in [7, 11) is -1.10. The van der Waals surface area contributed by atoms with Gasteiger partial charge in [-0.2, -0.15) is 0 Å². The Hall–Kier alpha value is -2.46. The number of carbonyl (C=O) groups is 1. The topological polar surface area (TPSA) is 86.8 Å². The van der Waals surface area contributed by atoms with Crippen LogP contribution in [0, 0.1) is 32.5 Å². The predicted octanol–water partition coefficient (Wildman–Crippen LogP) is 3.62. The lowest BCUT2D eigenvalue weighted by molar-refractivity contribution is 0.102.